The Morgan fingerprint density at radius 2 is 1.89 bits per heavy atom. The predicted octanol–water partition coefficient (Wildman–Crippen LogP) is 3.80. The van der Waals surface area contributed by atoms with E-state index >= 15 is 0 Å². The molecule has 0 atom stereocenters. The number of ether oxygens (including phenoxy) is 1. The minimum atomic E-state index is -0.819. The first-order valence-corrected chi connectivity index (χ1v) is 8.22. The Hall–Kier alpha value is -3.22. The van der Waals surface area contributed by atoms with E-state index in [1.165, 1.54) is 24.3 Å². The number of carbonyl (C=O) groups excluding carboxylic acids is 2. The van der Waals surface area contributed by atoms with Crippen LogP contribution in [-0.2, 0) is 16.1 Å². The average Bonchev–Trinajstić information content (AvgIpc) is 2.97. The van der Waals surface area contributed by atoms with Crippen LogP contribution in [0.3, 0.4) is 0 Å². The number of furan rings is 1. The minimum absolute atomic E-state index is 0.0796. The van der Waals surface area contributed by atoms with Crippen LogP contribution in [0.5, 0.6) is 0 Å². The number of aryl methyl sites for hydroxylation is 2. The van der Waals surface area contributed by atoms with Crippen LogP contribution in [0.25, 0.3) is 11.0 Å². The first-order valence-electron chi connectivity index (χ1n) is 8.22. The lowest BCUT2D eigenvalue weighted by atomic mass is 10.1. The highest BCUT2D eigenvalue weighted by Crippen LogP contribution is 2.26. The zero-order valence-electron chi connectivity index (χ0n) is 14.8. The summed E-state index contributed by atoms with van der Waals surface area (Å²) in [5.74, 6) is -2.24. The van der Waals surface area contributed by atoms with Crippen molar-refractivity contribution in [2.45, 2.75) is 20.4 Å². The Labute approximate surface area is 153 Å². The van der Waals surface area contributed by atoms with Crippen molar-refractivity contribution in [3.63, 3.8) is 0 Å². The maximum atomic E-state index is 13.5. The molecule has 0 radical (unpaired) electrons. The number of esters is 1. The van der Waals surface area contributed by atoms with Crippen LogP contribution < -0.4 is 5.32 Å². The van der Waals surface area contributed by atoms with E-state index < -0.39 is 24.3 Å². The first-order chi connectivity index (χ1) is 12.8. The van der Waals surface area contributed by atoms with E-state index in [1.807, 2.05) is 0 Å². The second kappa shape index (κ2) is 7.57. The molecule has 0 saturated heterocycles. The molecule has 0 aliphatic carbocycles. The van der Waals surface area contributed by atoms with Crippen molar-refractivity contribution in [1.82, 2.24) is 5.32 Å². The van der Waals surface area contributed by atoms with Gasteiger partial charge in [0, 0.05) is 17.5 Å². The first kappa shape index (κ1) is 18.6. The monoisotopic (exact) mass is 373 g/mol. The SMILES string of the molecule is Cc1ccc(CNC(=O)COC(=O)c2oc3ccc(F)cc3c2C)cc1F. The van der Waals surface area contributed by atoms with Gasteiger partial charge in [0.05, 0.1) is 0 Å². The molecule has 1 heterocycles. The molecule has 0 saturated carbocycles. The Bertz CT molecular complexity index is 1030. The van der Waals surface area contributed by atoms with Gasteiger partial charge in [-0.3, -0.25) is 4.79 Å². The van der Waals surface area contributed by atoms with Crippen molar-refractivity contribution in [2.24, 2.45) is 0 Å². The molecule has 0 aliphatic rings. The molecule has 0 bridgehead atoms. The van der Waals surface area contributed by atoms with Gasteiger partial charge in [0.25, 0.3) is 5.91 Å². The zero-order chi connectivity index (χ0) is 19.6. The molecule has 5 nitrogen and oxygen atoms in total. The standard InChI is InChI=1S/C20H17F2NO4/c1-11-3-4-13(7-16(11)22)9-23-18(24)10-26-20(25)19-12(2)15-8-14(21)5-6-17(15)27-19/h3-8H,9-10H2,1-2H3,(H,23,24). The number of nitrogens with one attached hydrogen (secondary N) is 1. The topological polar surface area (TPSA) is 68.5 Å². The summed E-state index contributed by atoms with van der Waals surface area (Å²) in [6.45, 7) is 2.84. The van der Waals surface area contributed by atoms with E-state index in [-0.39, 0.29) is 18.1 Å². The van der Waals surface area contributed by atoms with E-state index in [1.54, 1.807) is 26.0 Å². The maximum absolute atomic E-state index is 13.5. The van der Waals surface area contributed by atoms with E-state index in [9.17, 15) is 18.4 Å². The number of hydrogen-bond donors (Lipinski definition) is 1. The molecule has 1 aromatic heterocycles. The van der Waals surface area contributed by atoms with Crippen molar-refractivity contribution in [2.75, 3.05) is 6.61 Å². The van der Waals surface area contributed by atoms with Crippen molar-refractivity contribution >= 4 is 22.8 Å². The third kappa shape index (κ3) is 4.13. The van der Waals surface area contributed by atoms with Gasteiger partial charge in [0.1, 0.15) is 17.2 Å². The number of carbonyl (C=O) groups is 2. The normalized spacial score (nSPS) is 10.8. The van der Waals surface area contributed by atoms with Crippen molar-refractivity contribution in [1.29, 1.82) is 0 Å². The van der Waals surface area contributed by atoms with E-state index in [2.05, 4.69) is 5.32 Å². The summed E-state index contributed by atoms with van der Waals surface area (Å²) in [7, 11) is 0. The smallest absolute Gasteiger partial charge is 0.375 e. The summed E-state index contributed by atoms with van der Waals surface area (Å²) < 4.78 is 37.1. The molecule has 3 aromatic rings. The van der Waals surface area contributed by atoms with Crippen molar-refractivity contribution in [3.8, 4) is 0 Å². The van der Waals surface area contributed by atoms with Gasteiger partial charge in [-0.15, -0.1) is 0 Å². The Balaban J connectivity index is 1.58. The molecule has 7 heteroatoms. The van der Waals surface area contributed by atoms with E-state index in [4.69, 9.17) is 9.15 Å². The van der Waals surface area contributed by atoms with Gasteiger partial charge in [0.2, 0.25) is 5.76 Å². The van der Waals surface area contributed by atoms with Gasteiger partial charge in [0.15, 0.2) is 6.61 Å². The molecule has 140 valence electrons. The number of amides is 1. The van der Waals surface area contributed by atoms with Crippen LogP contribution in [0, 0.1) is 25.5 Å². The van der Waals surface area contributed by atoms with Gasteiger partial charge < -0.3 is 14.5 Å². The second-order valence-corrected chi connectivity index (χ2v) is 6.13. The number of benzene rings is 2. The number of rotatable bonds is 5. The lowest BCUT2D eigenvalue weighted by Crippen LogP contribution is -2.28. The average molecular weight is 373 g/mol. The van der Waals surface area contributed by atoms with Gasteiger partial charge in [-0.2, -0.15) is 0 Å². The Kier molecular flexibility index (Phi) is 5.21. The molecule has 0 fully saturated rings. The summed E-state index contributed by atoms with van der Waals surface area (Å²) in [6.07, 6.45) is 0. The van der Waals surface area contributed by atoms with Crippen LogP contribution in [0.15, 0.2) is 40.8 Å². The minimum Gasteiger partial charge on any atom is -0.450 e. The molecular weight excluding hydrogens is 356 g/mol. The molecule has 27 heavy (non-hydrogen) atoms. The lowest BCUT2D eigenvalue weighted by molar-refractivity contribution is -0.124. The van der Waals surface area contributed by atoms with Gasteiger partial charge >= 0.3 is 5.97 Å². The Morgan fingerprint density at radius 1 is 1.11 bits per heavy atom. The lowest BCUT2D eigenvalue weighted by Gasteiger charge is -2.07. The maximum Gasteiger partial charge on any atom is 0.375 e. The molecule has 0 spiro atoms. The van der Waals surface area contributed by atoms with E-state index in [0.29, 0.717) is 27.7 Å². The largest absolute Gasteiger partial charge is 0.450 e. The molecular formula is C20H17F2NO4. The van der Waals surface area contributed by atoms with Gasteiger partial charge in [-0.05, 0) is 49.2 Å². The van der Waals surface area contributed by atoms with Crippen LogP contribution >= 0.6 is 0 Å². The highest BCUT2D eigenvalue weighted by atomic mass is 19.1. The van der Waals surface area contributed by atoms with Crippen LogP contribution in [-0.4, -0.2) is 18.5 Å². The summed E-state index contributed by atoms with van der Waals surface area (Å²) in [5, 5.41) is 3.00. The third-order valence-corrected chi connectivity index (χ3v) is 4.14. The summed E-state index contributed by atoms with van der Waals surface area (Å²) in [6, 6.07) is 8.55. The highest BCUT2D eigenvalue weighted by Gasteiger charge is 2.20. The molecule has 1 N–H and O–H groups in total. The van der Waals surface area contributed by atoms with Crippen LogP contribution in [0.4, 0.5) is 8.78 Å². The Morgan fingerprint density at radius 3 is 2.63 bits per heavy atom. The van der Waals surface area contributed by atoms with Crippen molar-refractivity contribution < 1.29 is 27.5 Å². The number of halogens is 2. The van der Waals surface area contributed by atoms with Gasteiger partial charge in [-0.25, -0.2) is 13.6 Å². The molecule has 0 aliphatic heterocycles. The summed E-state index contributed by atoms with van der Waals surface area (Å²) >= 11 is 0. The van der Waals surface area contributed by atoms with E-state index in [0.717, 1.165) is 0 Å². The fourth-order valence-corrected chi connectivity index (χ4v) is 2.58. The zero-order valence-corrected chi connectivity index (χ0v) is 14.8. The number of hydrogen-bond acceptors (Lipinski definition) is 4. The predicted molar refractivity (Wildman–Crippen MR) is 94.2 cm³/mol. The fraction of sp³-hybridized carbons (Fsp3) is 0.200. The van der Waals surface area contributed by atoms with Gasteiger partial charge in [-0.1, -0.05) is 12.1 Å². The second-order valence-electron chi connectivity index (χ2n) is 6.13. The molecule has 0 unspecified atom stereocenters. The molecule has 2 aromatic carbocycles. The van der Waals surface area contributed by atoms with Crippen LogP contribution in [0.1, 0.15) is 27.2 Å². The third-order valence-electron chi connectivity index (χ3n) is 4.14. The number of fused-ring (bicyclic) bond motifs is 1. The molecule has 1 amide bonds. The quantitative estimate of drug-likeness (QED) is 0.691. The summed E-state index contributed by atoms with van der Waals surface area (Å²) in [5.41, 5.74) is 1.89. The summed E-state index contributed by atoms with van der Waals surface area (Å²) in [4.78, 5) is 24.0. The molecule has 3 rings (SSSR count). The van der Waals surface area contributed by atoms with Crippen molar-refractivity contribution in [3.05, 3.63) is 70.5 Å². The van der Waals surface area contributed by atoms with Crippen LogP contribution in [0.2, 0.25) is 0 Å². The highest BCUT2D eigenvalue weighted by molar-refractivity contribution is 5.96. The fourth-order valence-electron chi connectivity index (χ4n) is 2.58.